The number of carbonyl (C=O) groups is 1. The Kier molecular flexibility index (Phi) is 10.2. The van der Waals surface area contributed by atoms with Crippen LogP contribution in [0.3, 0.4) is 0 Å². The van der Waals surface area contributed by atoms with Gasteiger partial charge >= 0.3 is 0 Å². The van der Waals surface area contributed by atoms with E-state index in [1.807, 2.05) is 43.3 Å². The van der Waals surface area contributed by atoms with Gasteiger partial charge < -0.3 is 14.4 Å². The highest BCUT2D eigenvalue weighted by atomic mass is 32.2. The van der Waals surface area contributed by atoms with Gasteiger partial charge in [0.05, 0.1) is 31.1 Å². The van der Waals surface area contributed by atoms with Gasteiger partial charge in [-0.25, -0.2) is 8.42 Å². The zero-order chi connectivity index (χ0) is 27.6. The number of hydrogen-bond acceptors (Lipinski definition) is 4. The highest BCUT2D eigenvalue weighted by molar-refractivity contribution is 7.85. The minimum Gasteiger partial charge on any atom is -0.744 e. The van der Waals surface area contributed by atoms with Crippen LogP contribution in [0.15, 0.2) is 102 Å². The van der Waals surface area contributed by atoms with Crippen molar-refractivity contribution < 1.29 is 22.2 Å². The van der Waals surface area contributed by atoms with Gasteiger partial charge in [0.2, 0.25) is 0 Å². The van der Waals surface area contributed by atoms with E-state index in [1.165, 1.54) is 17.7 Å². The van der Waals surface area contributed by atoms with Crippen molar-refractivity contribution >= 4 is 26.8 Å². The molecule has 0 aliphatic heterocycles. The number of nitrogens with one attached hydrogen (secondary N) is 1. The lowest BCUT2D eigenvalue weighted by Gasteiger charge is -2.37. The molecule has 1 N–H and O–H groups in total. The van der Waals surface area contributed by atoms with E-state index in [0.717, 1.165) is 52.6 Å². The molecule has 0 fully saturated rings. The molecule has 0 bridgehead atoms. The number of nitrogens with zero attached hydrogens (tertiary/aromatic N) is 1. The molecule has 4 aromatic carbocycles. The Labute approximate surface area is 226 Å². The molecule has 0 saturated carbocycles. The summed E-state index contributed by atoms with van der Waals surface area (Å²) in [6.45, 7) is 11.0. The summed E-state index contributed by atoms with van der Waals surface area (Å²) < 4.78 is 32.1. The summed E-state index contributed by atoms with van der Waals surface area (Å²) in [5.41, 5.74) is 3.00. The Hall–Kier alpha value is -3.52. The minimum atomic E-state index is -4.27. The fourth-order valence-corrected chi connectivity index (χ4v) is 4.83. The second-order valence-electron chi connectivity index (χ2n) is 9.43. The van der Waals surface area contributed by atoms with Gasteiger partial charge in [0.15, 0.2) is 0 Å². The highest BCUT2D eigenvalue weighted by Gasteiger charge is 2.23. The first-order valence-corrected chi connectivity index (χ1v) is 14.3. The van der Waals surface area contributed by atoms with Crippen LogP contribution in [0.1, 0.15) is 35.3 Å². The predicted octanol–water partition coefficient (Wildman–Crippen LogP) is 5.53. The number of rotatable bonds is 9. The van der Waals surface area contributed by atoms with Crippen LogP contribution < -0.4 is 5.32 Å². The molecule has 0 aromatic heterocycles. The molecule has 1 amide bonds. The number of hydrogen-bond donors (Lipinski definition) is 1. The van der Waals surface area contributed by atoms with Crippen molar-refractivity contribution in [1.82, 2.24) is 5.32 Å². The lowest BCUT2D eigenvalue weighted by Crippen LogP contribution is -2.51. The van der Waals surface area contributed by atoms with Gasteiger partial charge in [0.25, 0.3) is 5.91 Å². The SMILES string of the molecule is CC[N+](CC)(CCNC(=O)c1ccc2ccccc2c1)Cc1ccccc1.Cc1ccc(S(=O)(=O)[O-])cc1. The first-order chi connectivity index (χ1) is 18.2. The van der Waals surface area contributed by atoms with E-state index in [-0.39, 0.29) is 10.8 Å². The largest absolute Gasteiger partial charge is 0.744 e. The fourth-order valence-electron chi connectivity index (χ4n) is 4.36. The molecule has 0 unspecified atom stereocenters. The number of likely N-dealkylation sites (N-methyl/N-ethyl adjacent to an activating group) is 1. The van der Waals surface area contributed by atoms with Crippen LogP contribution in [0.4, 0.5) is 0 Å². The van der Waals surface area contributed by atoms with E-state index in [0.29, 0.717) is 6.54 Å². The molecule has 0 aliphatic carbocycles. The first-order valence-electron chi connectivity index (χ1n) is 12.8. The molecule has 0 heterocycles. The van der Waals surface area contributed by atoms with Gasteiger partial charge in [-0.05, 0) is 55.8 Å². The number of benzene rings is 4. The third kappa shape index (κ3) is 8.25. The summed E-state index contributed by atoms with van der Waals surface area (Å²) in [6, 6.07) is 30.4. The van der Waals surface area contributed by atoms with Crippen molar-refractivity contribution in [2.45, 2.75) is 32.2 Å². The number of quaternary nitrogens is 1. The molecule has 0 saturated heterocycles. The monoisotopic (exact) mass is 532 g/mol. The molecule has 200 valence electrons. The number of carbonyl (C=O) groups excluding carboxylic acids is 1. The first kappa shape index (κ1) is 29.0. The Morgan fingerprint density at radius 1 is 0.816 bits per heavy atom. The predicted molar refractivity (Wildman–Crippen MR) is 152 cm³/mol. The second kappa shape index (κ2) is 13.3. The van der Waals surface area contributed by atoms with Crippen molar-refractivity contribution in [2.75, 3.05) is 26.2 Å². The molecule has 0 spiro atoms. The molecule has 0 aliphatic rings. The molecule has 4 rings (SSSR count). The van der Waals surface area contributed by atoms with E-state index < -0.39 is 10.1 Å². The van der Waals surface area contributed by atoms with Crippen LogP contribution >= 0.6 is 0 Å². The van der Waals surface area contributed by atoms with Crippen molar-refractivity contribution in [1.29, 1.82) is 0 Å². The highest BCUT2D eigenvalue weighted by Crippen LogP contribution is 2.16. The average molecular weight is 533 g/mol. The fraction of sp³-hybridized carbons (Fsp3) is 0.258. The Bertz CT molecular complexity index is 1430. The summed E-state index contributed by atoms with van der Waals surface area (Å²) >= 11 is 0. The van der Waals surface area contributed by atoms with Crippen molar-refractivity contribution in [3.63, 3.8) is 0 Å². The number of fused-ring (bicyclic) bond motifs is 1. The molecule has 7 heteroatoms. The van der Waals surface area contributed by atoms with E-state index in [4.69, 9.17) is 0 Å². The molecule has 0 radical (unpaired) electrons. The summed E-state index contributed by atoms with van der Waals surface area (Å²) in [5.74, 6) is 0.00534. The standard InChI is InChI=1S/C24H28N2O.C7H8O3S/c1-3-26(4-2,19-20-10-6-5-7-11-20)17-16-25-24(27)23-15-14-21-12-8-9-13-22(21)18-23;1-6-2-4-7(5-3-6)11(8,9)10/h5-15,18H,3-4,16-17,19H2,1-2H3;2-5H,1H3,(H,8,9,10). The van der Waals surface area contributed by atoms with Crippen molar-refractivity contribution in [2.24, 2.45) is 0 Å². The smallest absolute Gasteiger partial charge is 0.251 e. The molecule has 6 nitrogen and oxygen atoms in total. The molecule has 0 atom stereocenters. The Balaban J connectivity index is 0.000000304. The second-order valence-corrected chi connectivity index (χ2v) is 10.8. The zero-order valence-electron chi connectivity index (χ0n) is 22.3. The lowest BCUT2D eigenvalue weighted by atomic mass is 10.1. The third-order valence-corrected chi connectivity index (χ3v) is 7.74. The summed E-state index contributed by atoms with van der Waals surface area (Å²) in [5, 5.41) is 5.37. The zero-order valence-corrected chi connectivity index (χ0v) is 23.1. The molecular weight excluding hydrogens is 496 g/mol. The summed E-state index contributed by atoms with van der Waals surface area (Å²) in [6.07, 6.45) is 0. The van der Waals surface area contributed by atoms with E-state index >= 15 is 0 Å². The normalized spacial score (nSPS) is 11.5. The number of aryl methyl sites for hydroxylation is 1. The van der Waals surface area contributed by atoms with Crippen LogP contribution in [0.2, 0.25) is 0 Å². The average Bonchev–Trinajstić information content (AvgIpc) is 2.93. The Morgan fingerprint density at radius 2 is 1.42 bits per heavy atom. The van der Waals surface area contributed by atoms with E-state index in [1.54, 1.807) is 12.1 Å². The van der Waals surface area contributed by atoms with Crippen LogP contribution in [0.5, 0.6) is 0 Å². The van der Waals surface area contributed by atoms with Gasteiger partial charge in [0.1, 0.15) is 16.7 Å². The van der Waals surface area contributed by atoms with Gasteiger partial charge in [-0.15, -0.1) is 0 Å². The van der Waals surface area contributed by atoms with Gasteiger partial charge in [-0.2, -0.15) is 0 Å². The minimum absolute atomic E-state index is 0.00534. The van der Waals surface area contributed by atoms with Crippen molar-refractivity contribution in [3.8, 4) is 0 Å². The number of amides is 1. The molecule has 38 heavy (non-hydrogen) atoms. The van der Waals surface area contributed by atoms with Gasteiger partial charge in [0, 0.05) is 11.1 Å². The molecular formula is C31H36N2O4S. The topological polar surface area (TPSA) is 86.3 Å². The van der Waals surface area contributed by atoms with E-state index in [2.05, 4.69) is 55.6 Å². The summed E-state index contributed by atoms with van der Waals surface area (Å²) in [4.78, 5) is 12.4. The van der Waals surface area contributed by atoms with Crippen LogP contribution in [0, 0.1) is 6.92 Å². The maximum absolute atomic E-state index is 12.6. The lowest BCUT2D eigenvalue weighted by molar-refractivity contribution is -0.936. The molecule has 4 aromatic rings. The Morgan fingerprint density at radius 3 is 2.03 bits per heavy atom. The summed E-state index contributed by atoms with van der Waals surface area (Å²) in [7, 11) is -4.27. The maximum Gasteiger partial charge on any atom is 0.251 e. The van der Waals surface area contributed by atoms with E-state index in [9.17, 15) is 17.8 Å². The van der Waals surface area contributed by atoms with Gasteiger partial charge in [-0.1, -0.05) is 78.4 Å². The van der Waals surface area contributed by atoms with Crippen molar-refractivity contribution in [3.05, 3.63) is 114 Å². The quantitative estimate of drug-likeness (QED) is 0.227. The van der Waals surface area contributed by atoms with Crippen LogP contribution in [-0.2, 0) is 16.7 Å². The maximum atomic E-state index is 12.6. The third-order valence-electron chi connectivity index (χ3n) is 6.90. The van der Waals surface area contributed by atoms with Crippen LogP contribution in [-0.4, -0.2) is 49.5 Å². The van der Waals surface area contributed by atoms with Crippen LogP contribution in [0.25, 0.3) is 10.8 Å². The van der Waals surface area contributed by atoms with Gasteiger partial charge in [-0.3, -0.25) is 4.79 Å².